The van der Waals surface area contributed by atoms with Gasteiger partial charge < -0.3 is 30.4 Å². The van der Waals surface area contributed by atoms with E-state index in [-0.39, 0.29) is 47.5 Å². The highest BCUT2D eigenvalue weighted by atomic mass is 16.2. The van der Waals surface area contributed by atoms with Crippen LogP contribution in [-0.4, -0.2) is 83.5 Å². The highest BCUT2D eigenvalue weighted by Crippen LogP contribution is 2.37. The molecule has 4 N–H and O–H groups in total. The number of pyridine rings is 1. The summed E-state index contributed by atoms with van der Waals surface area (Å²) in [5.74, 6) is 0.714. The molecule has 0 spiro atoms. The highest BCUT2D eigenvalue weighted by molar-refractivity contribution is 6.06. The molecule has 13 nitrogen and oxygen atoms in total. The first-order chi connectivity index (χ1) is 26.9. The van der Waals surface area contributed by atoms with Crippen LogP contribution in [-0.2, 0) is 19.2 Å². The van der Waals surface area contributed by atoms with Gasteiger partial charge >= 0.3 is 0 Å². The average Bonchev–Trinajstić information content (AvgIpc) is 3.99. The number of fused-ring (bicyclic) bond motifs is 6. The number of aromatic amines is 2. The van der Waals surface area contributed by atoms with Crippen LogP contribution in [0.15, 0.2) is 54.6 Å². The number of nitrogens with one attached hydrogen (secondary N) is 4. The molecule has 0 unspecified atom stereocenters. The van der Waals surface area contributed by atoms with Gasteiger partial charge in [0.2, 0.25) is 23.6 Å². The van der Waals surface area contributed by atoms with Crippen LogP contribution < -0.4 is 10.6 Å². The Morgan fingerprint density at radius 2 is 1.30 bits per heavy atom. The van der Waals surface area contributed by atoms with Crippen molar-refractivity contribution in [3.05, 3.63) is 66.2 Å². The van der Waals surface area contributed by atoms with Crippen molar-refractivity contribution < 1.29 is 19.2 Å². The van der Waals surface area contributed by atoms with E-state index in [1.807, 2.05) is 55.7 Å². The molecule has 3 aromatic heterocycles. The molecule has 0 bridgehead atoms. The number of hydrogen-bond acceptors (Lipinski definition) is 7. The van der Waals surface area contributed by atoms with Crippen molar-refractivity contribution in [1.82, 2.24) is 45.4 Å². The van der Waals surface area contributed by atoms with Gasteiger partial charge in [0.25, 0.3) is 0 Å². The Balaban J connectivity index is 1.06. The molecule has 290 valence electrons. The summed E-state index contributed by atoms with van der Waals surface area (Å²) in [7, 11) is 0. The Hall–Kier alpha value is -5.85. The predicted octanol–water partition coefficient (Wildman–Crippen LogP) is 6.46. The van der Waals surface area contributed by atoms with Crippen molar-refractivity contribution in [2.24, 2.45) is 11.8 Å². The van der Waals surface area contributed by atoms with Gasteiger partial charge in [0.15, 0.2) is 5.82 Å². The molecule has 2 aliphatic rings. The van der Waals surface area contributed by atoms with Gasteiger partial charge in [-0.25, -0.2) is 15.0 Å². The summed E-state index contributed by atoms with van der Waals surface area (Å²) in [6.07, 6.45) is 3.29. The summed E-state index contributed by atoms with van der Waals surface area (Å²) in [6, 6.07) is 17.0. The first-order valence-corrected chi connectivity index (χ1v) is 19.7. The van der Waals surface area contributed by atoms with Crippen LogP contribution >= 0.6 is 0 Å². The Morgan fingerprint density at radius 3 is 1.96 bits per heavy atom. The molecular weight excluding hydrogens is 707 g/mol. The number of imidazole rings is 2. The minimum Gasteiger partial charge on any atom is -0.354 e. The molecule has 4 amide bonds. The van der Waals surface area contributed by atoms with Crippen molar-refractivity contribution in [2.45, 2.75) is 91.4 Å². The second-order valence-electron chi connectivity index (χ2n) is 16.1. The van der Waals surface area contributed by atoms with Crippen LogP contribution in [0.5, 0.6) is 0 Å². The number of likely N-dealkylation sites (tertiary alicyclic amines) is 2. The van der Waals surface area contributed by atoms with Gasteiger partial charge in [-0.2, -0.15) is 0 Å². The number of carbonyl (C=O) groups is 4. The quantitative estimate of drug-likeness (QED) is 0.131. The lowest BCUT2D eigenvalue weighted by molar-refractivity contribution is -0.138. The number of carbonyl (C=O) groups excluding carboxylic acids is 4. The SMILES string of the molecule is CC(=O)N[C@H](C(=O)N1CCC[C@H]1c1nc2ccc3[nH]c(-c4ccc5c(ccc6[nH]c([C@@H]7CCCN7C(=O)[C@@H](NC(C)=O)C(C)C)nc65)c4)ccc3c2n1)C(C)C. The maximum absolute atomic E-state index is 13.6. The predicted molar refractivity (Wildman–Crippen MR) is 216 cm³/mol. The van der Waals surface area contributed by atoms with Crippen LogP contribution in [0, 0.1) is 11.8 Å². The fourth-order valence-corrected chi connectivity index (χ4v) is 8.60. The lowest BCUT2D eigenvalue weighted by Gasteiger charge is -2.30. The average molecular weight is 756 g/mol. The molecule has 0 aliphatic carbocycles. The molecule has 0 radical (unpaired) electrons. The van der Waals surface area contributed by atoms with E-state index >= 15 is 0 Å². The minimum absolute atomic E-state index is 0.0353. The van der Waals surface area contributed by atoms with E-state index in [1.165, 1.54) is 13.8 Å². The number of aromatic nitrogens is 5. The molecule has 2 fully saturated rings. The van der Waals surface area contributed by atoms with Gasteiger partial charge in [-0.3, -0.25) is 19.2 Å². The van der Waals surface area contributed by atoms with Gasteiger partial charge in [-0.1, -0.05) is 45.9 Å². The topological polar surface area (TPSA) is 169 Å². The Bertz CT molecular complexity index is 2350. The molecular formula is C43H49N9O4. The van der Waals surface area contributed by atoms with Crippen molar-refractivity contribution in [3.8, 4) is 11.3 Å². The third-order valence-electron chi connectivity index (χ3n) is 11.4. The van der Waals surface area contributed by atoms with E-state index in [2.05, 4.69) is 57.0 Å². The van der Waals surface area contributed by atoms with E-state index < -0.39 is 12.1 Å². The third kappa shape index (κ3) is 6.73. The van der Waals surface area contributed by atoms with Crippen molar-refractivity contribution >= 4 is 67.4 Å². The monoisotopic (exact) mass is 755 g/mol. The molecule has 56 heavy (non-hydrogen) atoms. The van der Waals surface area contributed by atoms with Gasteiger partial charge in [0.05, 0.1) is 28.6 Å². The molecule has 6 aromatic rings. The zero-order valence-electron chi connectivity index (χ0n) is 32.8. The number of hydrogen-bond donors (Lipinski definition) is 4. The van der Waals surface area contributed by atoms with Crippen LogP contribution in [0.2, 0.25) is 0 Å². The van der Waals surface area contributed by atoms with Crippen LogP contribution in [0.3, 0.4) is 0 Å². The van der Waals surface area contributed by atoms with Crippen molar-refractivity contribution in [1.29, 1.82) is 0 Å². The zero-order valence-corrected chi connectivity index (χ0v) is 32.8. The van der Waals surface area contributed by atoms with E-state index in [1.54, 1.807) is 0 Å². The van der Waals surface area contributed by atoms with Gasteiger partial charge in [0, 0.05) is 48.9 Å². The molecule has 8 rings (SSSR count). The molecule has 5 heterocycles. The first kappa shape index (κ1) is 37.1. The van der Waals surface area contributed by atoms with Crippen LogP contribution in [0.4, 0.5) is 0 Å². The normalized spacial score (nSPS) is 18.5. The maximum Gasteiger partial charge on any atom is 0.246 e. The first-order valence-electron chi connectivity index (χ1n) is 19.7. The number of benzene rings is 3. The molecule has 13 heteroatoms. The number of amides is 4. The van der Waals surface area contributed by atoms with Crippen molar-refractivity contribution in [3.63, 3.8) is 0 Å². The number of nitrogens with zero attached hydrogens (tertiary/aromatic N) is 5. The smallest absolute Gasteiger partial charge is 0.246 e. The lowest BCUT2D eigenvalue weighted by Crippen LogP contribution is -2.50. The maximum atomic E-state index is 13.6. The molecule has 2 saturated heterocycles. The van der Waals surface area contributed by atoms with Gasteiger partial charge in [0.1, 0.15) is 23.4 Å². The third-order valence-corrected chi connectivity index (χ3v) is 11.4. The van der Waals surface area contributed by atoms with E-state index in [0.717, 1.165) is 86.5 Å². The van der Waals surface area contributed by atoms with Crippen LogP contribution in [0.25, 0.3) is 55.0 Å². The fraction of sp³-hybridized carbons (Fsp3) is 0.419. The van der Waals surface area contributed by atoms with Crippen molar-refractivity contribution in [2.75, 3.05) is 13.1 Å². The van der Waals surface area contributed by atoms with E-state index in [9.17, 15) is 19.2 Å². The van der Waals surface area contributed by atoms with E-state index in [4.69, 9.17) is 15.0 Å². The molecule has 4 atom stereocenters. The molecule has 0 saturated carbocycles. The summed E-state index contributed by atoms with van der Waals surface area (Å²) in [4.78, 5) is 76.8. The summed E-state index contributed by atoms with van der Waals surface area (Å²) < 4.78 is 0. The highest BCUT2D eigenvalue weighted by Gasteiger charge is 2.39. The molecule has 3 aromatic carbocycles. The Morgan fingerprint density at radius 1 is 0.679 bits per heavy atom. The minimum atomic E-state index is -0.593. The summed E-state index contributed by atoms with van der Waals surface area (Å²) in [5.41, 5.74) is 6.23. The Kier molecular flexibility index (Phi) is 9.71. The summed E-state index contributed by atoms with van der Waals surface area (Å²) in [5, 5.41) is 8.70. The fourth-order valence-electron chi connectivity index (χ4n) is 8.60. The van der Waals surface area contributed by atoms with E-state index in [0.29, 0.717) is 18.9 Å². The van der Waals surface area contributed by atoms with Crippen LogP contribution in [0.1, 0.15) is 91.0 Å². The number of H-pyrrole nitrogens is 2. The second kappa shape index (κ2) is 14.7. The molecule has 2 aliphatic heterocycles. The van der Waals surface area contributed by atoms with Gasteiger partial charge in [-0.15, -0.1) is 0 Å². The van der Waals surface area contributed by atoms with Gasteiger partial charge in [-0.05, 0) is 84.9 Å². The summed E-state index contributed by atoms with van der Waals surface area (Å²) in [6.45, 7) is 11.9. The Labute approximate surface area is 325 Å². The second-order valence-corrected chi connectivity index (χ2v) is 16.1. The zero-order chi connectivity index (χ0) is 39.4. The number of rotatable bonds is 9. The largest absolute Gasteiger partial charge is 0.354 e. The standard InChI is InChI=1S/C43H49N9O4/c1-22(2)36(44-24(5)53)42(55)51-19-7-9-34(51)40-47-32-15-12-26-21-27(11-13-28(26)38(32)49-40)30-16-14-29-31(46-30)17-18-33-39(29)50-41(48-33)35-10-8-20-52(35)43(56)37(23(3)4)45-25(6)54/h11-18,21-23,34-37,46H,7-10,19-20H2,1-6H3,(H,44,53)(H,45,54)(H,47,49)/t34-,35-,36-,37-/m0/s1. The summed E-state index contributed by atoms with van der Waals surface area (Å²) >= 11 is 0. The lowest BCUT2D eigenvalue weighted by atomic mass is 10.0.